The van der Waals surface area contributed by atoms with E-state index in [1.807, 2.05) is 6.92 Å². The summed E-state index contributed by atoms with van der Waals surface area (Å²) in [5.74, 6) is -1.22. The molecule has 0 aromatic carbocycles. The fourth-order valence-corrected chi connectivity index (χ4v) is 2.85. The molecule has 1 atom stereocenters. The monoisotopic (exact) mass is 522 g/mol. The van der Waals surface area contributed by atoms with Gasteiger partial charge in [0.05, 0.1) is 25.9 Å². The Hall–Kier alpha value is -3.28. The molecule has 0 rings (SSSR count). The van der Waals surface area contributed by atoms with Crippen LogP contribution in [0.4, 0.5) is 0 Å². The van der Waals surface area contributed by atoms with Gasteiger partial charge in [-0.1, -0.05) is 26.3 Å². The Labute approximate surface area is 219 Å². The number of nitrogens with one attached hydrogen (secondary N) is 4. The zero-order chi connectivity index (χ0) is 27.9. The van der Waals surface area contributed by atoms with E-state index in [0.29, 0.717) is 52.1 Å². The first-order valence-corrected chi connectivity index (χ1v) is 12.1. The summed E-state index contributed by atoms with van der Waals surface area (Å²) < 4.78 is 17.6. The molecule has 0 radical (unpaired) electrons. The summed E-state index contributed by atoms with van der Waals surface area (Å²) in [5, 5.41) is 10.9. The van der Waals surface area contributed by atoms with Gasteiger partial charge in [-0.15, -0.1) is 0 Å². The highest BCUT2D eigenvalue weighted by atomic mass is 16.5. The third-order valence-electron chi connectivity index (χ3n) is 4.91. The second-order valence-corrected chi connectivity index (χ2v) is 8.18. The SMILES string of the molecule is C=CC(=O)NCCCOCC(COCCCNC(=O)C=C)(COC(C)CCNC(=O)C=C)NC(=O)C=C. The van der Waals surface area contributed by atoms with Gasteiger partial charge in [0.2, 0.25) is 23.6 Å². The van der Waals surface area contributed by atoms with Crippen LogP contribution in [0.3, 0.4) is 0 Å². The van der Waals surface area contributed by atoms with E-state index in [2.05, 4.69) is 47.6 Å². The summed E-state index contributed by atoms with van der Waals surface area (Å²) in [4.78, 5) is 46.2. The van der Waals surface area contributed by atoms with Crippen LogP contribution in [-0.2, 0) is 33.4 Å². The molecule has 0 heterocycles. The molecule has 0 aliphatic heterocycles. The minimum absolute atomic E-state index is 0.0730. The molecule has 0 aromatic heterocycles. The second kappa shape index (κ2) is 20.9. The fourth-order valence-electron chi connectivity index (χ4n) is 2.85. The van der Waals surface area contributed by atoms with Crippen LogP contribution in [0.15, 0.2) is 50.6 Å². The third-order valence-corrected chi connectivity index (χ3v) is 4.91. The van der Waals surface area contributed by atoms with E-state index < -0.39 is 11.4 Å². The van der Waals surface area contributed by atoms with Crippen LogP contribution in [-0.4, -0.2) is 87.9 Å². The molecule has 0 aromatic rings. The van der Waals surface area contributed by atoms with Gasteiger partial charge in [-0.3, -0.25) is 19.2 Å². The molecular formula is C26H42N4O7. The van der Waals surface area contributed by atoms with Crippen molar-refractivity contribution >= 4 is 23.6 Å². The summed E-state index contributed by atoms with van der Waals surface area (Å²) in [6.45, 7) is 17.7. The van der Waals surface area contributed by atoms with Crippen molar-refractivity contribution in [3.8, 4) is 0 Å². The molecule has 0 bridgehead atoms. The lowest BCUT2D eigenvalue weighted by Crippen LogP contribution is -2.58. The van der Waals surface area contributed by atoms with Crippen LogP contribution < -0.4 is 21.3 Å². The fraction of sp³-hybridized carbons (Fsp3) is 0.538. The van der Waals surface area contributed by atoms with Crippen molar-refractivity contribution in [3.63, 3.8) is 0 Å². The van der Waals surface area contributed by atoms with Crippen LogP contribution in [0, 0.1) is 0 Å². The van der Waals surface area contributed by atoms with Crippen molar-refractivity contribution in [1.82, 2.24) is 21.3 Å². The van der Waals surface area contributed by atoms with Gasteiger partial charge in [0.15, 0.2) is 0 Å². The Morgan fingerprint density at radius 3 is 1.57 bits per heavy atom. The van der Waals surface area contributed by atoms with Gasteiger partial charge in [0.25, 0.3) is 0 Å². The number of ether oxygens (including phenoxy) is 3. The van der Waals surface area contributed by atoms with Crippen LogP contribution in [0.5, 0.6) is 0 Å². The van der Waals surface area contributed by atoms with Gasteiger partial charge in [-0.25, -0.2) is 0 Å². The highest BCUT2D eigenvalue weighted by Crippen LogP contribution is 2.12. The maximum atomic E-state index is 12.3. The molecule has 4 N–H and O–H groups in total. The largest absolute Gasteiger partial charge is 0.379 e. The lowest BCUT2D eigenvalue weighted by molar-refractivity contribution is -0.124. The lowest BCUT2D eigenvalue weighted by Gasteiger charge is -2.35. The Balaban J connectivity index is 5.09. The van der Waals surface area contributed by atoms with Gasteiger partial charge < -0.3 is 35.5 Å². The van der Waals surface area contributed by atoms with Crippen LogP contribution in [0.25, 0.3) is 0 Å². The Kier molecular flexibility index (Phi) is 19.0. The van der Waals surface area contributed by atoms with Crippen LogP contribution >= 0.6 is 0 Å². The van der Waals surface area contributed by atoms with E-state index in [1.165, 1.54) is 18.2 Å². The van der Waals surface area contributed by atoms with Gasteiger partial charge >= 0.3 is 0 Å². The highest BCUT2D eigenvalue weighted by Gasteiger charge is 2.33. The van der Waals surface area contributed by atoms with E-state index in [-0.39, 0.29) is 43.6 Å². The normalized spacial score (nSPS) is 11.5. The number of carbonyl (C=O) groups excluding carboxylic acids is 4. The number of carbonyl (C=O) groups is 4. The van der Waals surface area contributed by atoms with E-state index in [1.54, 1.807) is 0 Å². The van der Waals surface area contributed by atoms with Crippen molar-refractivity contribution in [3.05, 3.63) is 50.6 Å². The average Bonchev–Trinajstić information content (AvgIpc) is 2.90. The van der Waals surface area contributed by atoms with Crippen molar-refractivity contribution in [2.45, 2.75) is 37.8 Å². The number of hydrogen-bond donors (Lipinski definition) is 4. The van der Waals surface area contributed by atoms with Crippen LogP contribution in [0.1, 0.15) is 26.2 Å². The summed E-state index contributed by atoms with van der Waals surface area (Å²) >= 11 is 0. The zero-order valence-corrected chi connectivity index (χ0v) is 21.9. The average molecular weight is 523 g/mol. The third kappa shape index (κ3) is 17.7. The van der Waals surface area contributed by atoms with Gasteiger partial charge in [0.1, 0.15) is 5.54 Å². The number of amides is 4. The van der Waals surface area contributed by atoms with Gasteiger partial charge in [-0.2, -0.15) is 0 Å². The minimum Gasteiger partial charge on any atom is -0.379 e. The Morgan fingerprint density at radius 1 is 0.703 bits per heavy atom. The Morgan fingerprint density at radius 2 is 1.14 bits per heavy atom. The maximum absolute atomic E-state index is 12.3. The molecule has 0 spiro atoms. The molecular weight excluding hydrogens is 480 g/mol. The van der Waals surface area contributed by atoms with Gasteiger partial charge in [0, 0.05) is 32.8 Å². The predicted molar refractivity (Wildman–Crippen MR) is 142 cm³/mol. The Bertz CT molecular complexity index is 738. The smallest absolute Gasteiger partial charge is 0.244 e. The molecule has 0 saturated heterocycles. The van der Waals surface area contributed by atoms with Crippen molar-refractivity contribution in [1.29, 1.82) is 0 Å². The minimum atomic E-state index is -1.03. The molecule has 0 fully saturated rings. The molecule has 1 unspecified atom stereocenters. The van der Waals surface area contributed by atoms with Crippen molar-refractivity contribution in [2.24, 2.45) is 0 Å². The van der Waals surface area contributed by atoms with E-state index >= 15 is 0 Å². The molecule has 0 aliphatic carbocycles. The van der Waals surface area contributed by atoms with E-state index in [4.69, 9.17) is 14.2 Å². The molecule has 4 amide bonds. The predicted octanol–water partition coefficient (Wildman–Crippen LogP) is 0.543. The summed E-state index contributed by atoms with van der Waals surface area (Å²) in [7, 11) is 0. The zero-order valence-electron chi connectivity index (χ0n) is 21.9. The summed E-state index contributed by atoms with van der Waals surface area (Å²) in [6.07, 6.45) is 6.13. The number of rotatable bonds is 23. The molecule has 0 aliphatic rings. The maximum Gasteiger partial charge on any atom is 0.244 e. The highest BCUT2D eigenvalue weighted by molar-refractivity contribution is 5.88. The second-order valence-electron chi connectivity index (χ2n) is 8.18. The standard InChI is InChI=1S/C26H42N4O7/c1-6-22(31)27-13-10-16-35-18-26(30-25(34)9-4,19-36-17-11-14-28-23(32)7-2)20-37-21(5)12-15-29-24(33)8-3/h6-9,21H,1-4,10-20H2,5H3,(H,27,31)(H,28,32)(H,29,33)(H,30,34). The first kappa shape index (κ1) is 33.7. The van der Waals surface area contributed by atoms with Gasteiger partial charge in [-0.05, 0) is 50.5 Å². The molecule has 0 saturated carbocycles. The molecule has 208 valence electrons. The molecule has 37 heavy (non-hydrogen) atoms. The molecule has 11 heteroatoms. The lowest BCUT2D eigenvalue weighted by atomic mass is 10.0. The van der Waals surface area contributed by atoms with E-state index in [9.17, 15) is 19.2 Å². The number of hydrogen-bond acceptors (Lipinski definition) is 7. The topological polar surface area (TPSA) is 144 Å². The quantitative estimate of drug-likeness (QED) is 0.113. The summed E-state index contributed by atoms with van der Waals surface area (Å²) in [5.41, 5.74) is -1.03. The van der Waals surface area contributed by atoms with Crippen LogP contribution in [0.2, 0.25) is 0 Å². The summed E-state index contributed by atoms with van der Waals surface area (Å²) in [6, 6.07) is 0. The first-order chi connectivity index (χ1) is 17.7. The first-order valence-electron chi connectivity index (χ1n) is 12.1. The molecule has 11 nitrogen and oxygen atoms in total. The van der Waals surface area contributed by atoms with E-state index in [0.717, 1.165) is 6.08 Å². The van der Waals surface area contributed by atoms with Crippen molar-refractivity contribution in [2.75, 3.05) is 52.7 Å². The van der Waals surface area contributed by atoms with Crippen molar-refractivity contribution < 1.29 is 33.4 Å².